The Balaban J connectivity index is 0.00000182. The van der Waals surface area contributed by atoms with Gasteiger partial charge in [-0.15, -0.1) is 12.4 Å². The molecule has 1 amide bonds. The third kappa shape index (κ3) is 3.72. The minimum atomic E-state index is -0.186. The van der Waals surface area contributed by atoms with E-state index in [1.165, 1.54) is 0 Å². The molecular weight excluding hydrogens is 344 g/mol. The average Bonchev–Trinajstić information content (AvgIpc) is 3.30. The molecule has 1 saturated heterocycles. The van der Waals surface area contributed by atoms with Gasteiger partial charge in [0.05, 0.1) is 6.04 Å². The lowest BCUT2D eigenvalue weighted by molar-refractivity contribution is 0.0944. The highest BCUT2D eigenvalue weighted by Crippen LogP contribution is 2.35. The zero-order valence-electron chi connectivity index (χ0n) is 13.7. The summed E-state index contributed by atoms with van der Waals surface area (Å²) < 4.78 is 12.7. The van der Waals surface area contributed by atoms with E-state index in [0.29, 0.717) is 24.0 Å². The molecule has 0 aliphatic carbocycles. The Kier molecular flexibility index (Phi) is 5.45. The van der Waals surface area contributed by atoms with E-state index in [2.05, 4.69) is 15.7 Å². The summed E-state index contributed by atoms with van der Waals surface area (Å²) in [6.07, 6.45) is 4.10. The van der Waals surface area contributed by atoms with Crippen molar-refractivity contribution in [2.75, 3.05) is 19.9 Å². The average molecular weight is 365 g/mol. The van der Waals surface area contributed by atoms with Crippen molar-refractivity contribution in [2.24, 2.45) is 0 Å². The summed E-state index contributed by atoms with van der Waals surface area (Å²) in [6.45, 7) is 2.55. The van der Waals surface area contributed by atoms with Crippen LogP contribution in [0.2, 0.25) is 0 Å². The van der Waals surface area contributed by atoms with Crippen LogP contribution in [0.5, 0.6) is 11.5 Å². The highest BCUT2D eigenvalue weighted by atomic mass is 35.5. The molecule has 1 atom stereocenters. The van der Waals surface area contributed by atoms with Crippen molar-refractivity contribution in [2.45, 2.75) is 25.4 Å². The molecule has 2 aromatic rings. The minimum Gasteiger partial charge on any atom is -0.454 e. The normalized spacial score (nSPS) is 18.5. The Labute approximate surface area is 152 Å². The molecule has 0 saturated carbocycles. The van der Waals surface area contributed by atoms with E-state index in [1.54, 1.807) is 6.07 Å². The van der Waals surface area contributed by atoms with Gasteiger partial charge in [0.25, 0.3) is 5.91 Å². The number of benzene rings is 1. The fraction of sp³-hybridized carbons (Fsp3) is 0.412. The maximum atomic E-state index is 12.3. The molecule has 7 nitrogen and oxygen atoms in total. The van der Waals surface area contributed by atoms with E-state index in [9.17, 15) is 4.79 Å². The third-order valence-corrected chi connectivity index (χ3v) is 4.40. The molecule has 2 aliphatic heterocycles. The molecular formula is C17H21ClN4O3. The van der Waals surface area contributed by atoms with Crippen molar-refractivity contribution in [3.63, 3.8) is 0 Å². The number of carbonyl (C=O) groups is 1. The van der Waals surface area contributed by atoms with Crippen LogP contribution in [0.4, 0.5) is 0 Å². The third-order valence-electron chi connectivity index (χ3n) is 4.40. The number of para-hydroxylation sites is 1. The van der Waals surface area contributed by atoms with Crippen molar-refractivity contribution in [3.8, 4) is 11.5 Å². The Bertz CT molecular complexity index is 743. The smallest absolute Gasteiger partial charge is 0.272 e. The monoisotopic (exact) mass is 364 g/mol. The molecule has 1 unspecified atom stereocenters. The van der Waals surface area contributed by atoms with Crippen molar-refractivity contribution in [3.05, 3.63) is 41.7 Å². The molecule has 1 aromatic heterocycles. The number of halogens is 1. The van der Waals surface area contributed by atoms with Gasteiger partial charge in [0.1, 0.15) is 5.69 Å². The highest BCUT2D eigenvalue weighted by Gasteiger charge is 2.20. The van der Waals surface area contributed by atoms with Crippen molar-refractivity contribution >= 4 is 18.3 Å². The van der Waals surface area contributed by atoms with E-state index in [4.69, 9.17) is 9.47 Å². The van der Waals surface area contributed by atoms with Crippen molar-refractivity contribution in [1.82, 2.24) is 20.4 Å². The van der Waals surface area contributed by atoms with Crippen LogP contribution in [0.25, 0.3) is 0 Å². The number of nitrogens with one attached hydrogen (secondary N) is 2. The topological polar surface area (TPSA) is 77.4 Å². The SMILES string of the molecule is Cl.O=C(NCc1cccc2c1OCO2)c1ccn(C2CCCNC2)n1. The molecule has 0 radical (unpaired) electrons. The van der Waals surface area contributed by atoms with Crippen LogP contribution in [-0.2, 0) is 6.54 Å². The lowest BCUT2D eigenvalue weighted by atomic mass is 10.1. The first kappa shape index (κ1) is 17.6. The summed E-state index contributed by atoms with van der Waals surface area (Å²) in [7, 11) is 0. The number of hydrogen-bond donors (Lipinski definition) is 2. The van der Waals surface area contributed by atoms with Crippen LogP contribution in [0.1, 0.15) is 34.9 Å². The molecule has 1 aromatic carbocycles. The lowest BCUT2D eigenvalue weighted by Crippen LogP contribution is -2.32. The second kappa shape index (κ2) is 7.76. The van der Waals surface area contributed by atoms with Gasteiger partial charge in [0.2, 0.25) is 6.79 Å². The predicted molar refractivity (Wildman–Crippen MR) is 94.4 cm³/mol. The summed E-state index contributed by atoms with van der Waals surface area (Å²) in [4.78, 5) is 12.3. The van der Waals surface area contributed by atoms with Gasteiger partial charge in [0, 0.05) is 24.8 Å². The van der Waals surface area contributed by atoms with Gasteiger partial charge in [-0.25, -0.2) is 0 Å². The van der Waals surface area contributed by atoms with Gasteiger partial charge in [-0.05, 0) is 31.5 Å². The van der Waals surface area contributed by atoms with Crippen molar-refractivity contribution < 1.29 is 14.3 Å². The Morgan fingerprint density at radius 1 is 1.36 bits per heavy atom. The predicted octanol–water partition coefficient (Wildman–Crippen LogP) is 1.89. The van der Waals surface area contributed by atoms with Crippen LogP contribution in [0.15, 0.2) is 30.5 Å². The summed E-state index contributed by atoms with van der Waals surface area (Å²) in [6, 6.07) is 7.75. The zero-order chi connectivity index (χ0) is 16.4. The first-order valence-corrected chi connectivity index (χ1v) is 8.23. The minimum absolute atomic E-state index is 0. The molecule has 0 bridgehead atoms. The fourth-order valence-corrected chi connectivity index (χ4v) is 3.12. The molecule has 134 valence electrons. The maximum absolute atomic E-state index is 12.3. The molecule has 2 N–H and O–H groups in total. The van der Waals surface area contributed by atoms with Gasteiger partial charge in [-0.2, -0.15) is 5.10 Å². The maximum Gasteiger partial charge on any atom is 0.272 e. The van der Waals surface area contributed by atoms with Crippen LogP contribution in [0, 0.1) is 0 Å². The number of hydrogen-bond acceptors (Lipinski definition) is 5. The largest absolute Gasteiger partial charge is 0.454 e. The van der Waals surface area contributed by atoms with E-state index >= 15 is 0 Å². The summed E-state index contributed by atoms with van der Waals surface area (Å²) in [5, 5.41) is 10.7. The van der Waals surface area contributed by atoms with E-state index in [-0.39, 0.29) is 25.1 Å². The quantitative estimate of drug-likeness (QED) is 0.866. The van der Waals surface area contributed by atoms with Gasteiger partial charge >= 0.3 is 0 Å². The lowest BCUT2D eigenvalue weighted by Gasteiger charge is -2.22. The molecule has 1 fully saturated rings. The number of piperidine rings is 1. The standard InChI is InChI=1S/C17H20N4O3.ClH/c22-17(14-6-8-21(20-14)13-4-2-7-18-10-13)19-9-12-3-1-5-15-16(12)24-11-23-15;/h1,3,5-6,8,13,18H,2,4,7,9-11H2,(H,19,22);1H. The Morgan fingerprint density at radius 3 is 3.12 bits per heavy atom. The second-order valence-electron chi connectivity index (χ2n) is 6.01. The van der Waals surface area contributed by atoms with Crippen LogP contribution >= 0.6 is 12.4 Å². The second-order valence-corrected chi connectivity index (χ2v) is 6.01. The summed E-state index contributed by atoms with van der Waals surface area (Å²) in [5.74, 6) is 1.24. The zero-order valence-corrected chi connectivity index (χ0v) is 14.6. The van der Waals surface area contributed by atoms with Gasteiger partial charge in [-0.1, -0.05) is 12.1 Å². The van der Waals surface area contributed by atoms with E-state index < -0.39 is 0 Å². The molecule has 4 rings (SSSR count). The molecule has 2 aliphatic rings. The number of rotatable bonds is 4. The first-order valence-electron chi connectivity index (χ1n) is 8.23. The Morgan fingerprint density at radius 2 is 2.28 bits per heavy atom. The highest BCUT2D eigenvalue weighted by molar-refractivity contribution is 5.92. The first-order chi connectivity index (χ1) is 11.8. The molecule has 0 spiro atoms. The number of ether oxygens (including phenoxy) is 2. The fourth-order valence-electron chi connectivity index (χ4n) is 3.12. The van der Waals surface area contributed by atoms with Crippen LogP contribution in [0.3, 0.4) is 0 Å². The van der Waals surface area contributed by atoms with Crippen LogP contribution in [-0.4, -0.2) is 35.6 Å². The van der Waals surface area contributed by atoms with E-state index in [1.807, 2.05) is 29.1 Å². The molecule has 3 heterocycles. The van der Waals surface area contributed by atoms with E-state index in [0.717, 1.165) is 37.2 Å². The number of carbonyl (C=O) groups excluding carboxylic acids is 1. The summed E-state index contributed by atoms with van der Waals surface area (Å²) >= 11 is 0. The van der Waals surface area contributed by atoms with Crippen molar-refractivity contribution in [1.29, 1.82) is 0 Å². The van der Waals surface area contributed by atoms with Gasteiger partial charge < -0.3 is 20.1 Å². The summed E-state index contributed by atoms with van der Waals surface area (Å²) in [5.41, 5.74) is 1.33. The molecule has 25 heavy (non-hydrogen) atoms. The van der Waals surface area contributed by atoms with Gasteiger partial charge in [0.15, 0.2) is 11.5 Å². The molecule has 8 heteroatoms. The van der Waals surface area contributed by atoms with Crippen LogP contribution < -0.4 is 20.1 Å². The van der Waals surface area contributed by atoms with Gasteiger partial charge in [-0.3, -0.25) is 9.48 Å². The number of aromatic nitrogens is 2. The Hall–Kier alpha value is -2.25. The number of amides is 1. The number of nitrogens with zero attached hydrogens (tertiary/aromatic N) is 2. The number of fused-ring (bicyclic) bond motifs is 1.